The predicted octanol–water partition coefficient (Wildman–Crippen LogP) is -0.976. The van der Waals surface area contributed by atoms with Gasteiger partial charge in [0.25, 0.3) is 0 Å². The van der Waals surface area contributed by atoms with Gasteiger partial charge in [0.05, 0.1) is 12.6 Å². The molecule has 0 aromatic rings. The summed E-state index contributed by atoms with van der Waals surface area (Å²) in [6, 6.07) is -0.522. The molecule has 2 N–H and O–H groups in total. The Morgan fingerprint density at radius 3 is 2.71 bits per heavy atom. The molecular weight excluding hydrogens is 182 g/mol. The molecule has 0 radical (unpaired) electrons. The summed E-state index contributed by atoms with van der Waals surface area (Å²) in [6.45, 7) is 3.14. The van der Waals surface area contributed by atoms with Crippen LogP contribution in [0.15, 0.2) is 0 Å². The average Bonchev–Trinajstić information content (AvgIpc) is 2.28. The van der Waals surface area contributed by atoms with Gasteiger partial charge in [-0.2, -0.15) is 0 Å². The Kier molecular flexibility index (Phi) is 3.46. The highest BCUT2D eigenvalue weighted by atomic mass is 16.2. The molecule has 1 heterocycles. The summed E-state index contributed by atoms with van der Waals surface area (Å²) in [5, 5.41) is 0. The topological polar surface area (TPSA) is 66.6 Å². The second-order valence-electron chi connectivity index (χ2n) is 3.72. The number of carbonyl (C=O) groups excluding carboxylic acids is 2. The van der Waals surface area contributed by atoms with Crippen LogP contribution in [0.2, 0.25) is 0 Å². The highest BCUT2D eigenvalue weighted by Crippen LogP contribution is 2.03. The van der Waals surface area contributed by atoms with Crippen molar-refractivity contribution in [1.29, 1.82) is 0 Å². The van der Waals surface area contributed by atoms with Gasteiger partial charge < -0.3 is 15.5 Å². The SMILES string of the molecule is CC(N)C(=O)N1CCCN(C)C(=O)C1. The molecule has 1 fully saturated rings. The zero-order chi connectivity index (χ0) is 10.7. The van der Waals surface area contributed by atoms with E-state index in [9.17, 15) is 9.59 Å². The molecule has 0 spiro atoms. The lowest BCUT2D eigenvalue weighted by Crippen LogP contribution is -2.45. The number of hydrogen-bond donors (Lipinski definition) is 1. The predicted molar refractivity (Wildman–Crippen MR) is 52.5 cm³/mol. The first-order valence-corrected chi connectivity index (χ1v) is 4.80. The largest absolute Gasteiger partial charge is 0.344 e. The van der Waals surface area contributed by atoms with Gasteiger partial charge in [-0.25, -0.2) is 0 Å². The van der Waals surface area contributed by atoms with Gasteiger partial charge in [0.1, 0.15) is 0 Å². The maximum Gasteiger partial charge on any atom is 0.241 e. The molecule has 0 aromatic heterocycles. The van der Waals surface area contributed by atoms with Crippen LogP contribution >= 0.6 is 0 Å². The van der Waals surface area contributed by atoms with Gasteiger partial charge in [-0.05, 0) is 13.3 Å². The summed E-state index contributed by atoms with van der Waals surface area (Å²) in [5.74, 6) is -0.162. The minimum Gasteiger partial charge on any atom is -0.344 e. The van der Waals surface area contributed by atoms with Crippen molar-refractivity contribution in [2.24, 2.45) is 5.73 Å². The third-order valence-corrected chi connectivity index (χ3v) is 2.37. The second kappa shape index (κ2) is 4.41. The molecule has 0 aliphatic carbocycles. The molecule has 14 heavy (non-hydrogen) atoms. The fraction of sp³-hybridized carbons (Fsp3) is 0.778. The molecule has 1 rings (SSSR count). The van der Waals surface area contributed by atoms with Crippen molar-refractivity contribution in [3.8, 4) is 0 Å². The number of likely N-dealkylation sites (N-methyl/N-ethyl adjacent to an activating group) is 1. The lowest BCUT2D eigenvalue weighted by molar-refractivity contribution is -0.138. The Labute approximate surface area is 83.8 Å². The van der Waals surface area contributed by atoms with Crippen LogP contribution in [0.5, 0.6) is 0 Å². The molecule has 0 bridgehead atoms. The number of hydrogen-bond acceptors (Lipinski definition) is 3. The highest BCUT2D eigenvalue weighted by Gasteiger charge is 2.24. The molecular formula is C9H17N3O2. The first kappa shape index (κ1) is 11.0. The first-order valence-electron chi connectivity index (χ1n) is 4.80. The molecule has 80 valence electrons. The first-order chi connectivity index (χ1) is 6.52. The van der Waals surface area contributed by atoms with Crippen LogP contribution in [0.4, 0.5) is 0 Å². The van der Waals surface area contributed by atoms with Gasteiger partial charge in [0.15, 0.2) is 0 Å². The van der Waals surface area contributed by atoms with E-state index in [1.54, 1.807) is 18.9 Å². The summed E-state index contributed by atoms with van der Waals surface area (Å²) < 4.78 is 0. The highest BCUT2D eigenvalue weighted by molar-refractivity contribution is 5.87. The number of nitrogens with two attached hydrogens (primary N) is 1. The zero-order valence-corrected chi connectivity index (χ0v) is 8.69. The third kappa shape index (κ3) is 2.45. The van der Waals surface area contributed by atoms with Crippen LogP contribution in [0.25, 0.3) is 0 Å². The summed E-state index contributed by atoms with van der Waals surface area (Å²) in [4.78, 5) is 26.2. The van der Waals surface area contributed by atoms with E-state index in [0.29, 0.717) is 13.1 Å². The minimum atomic E-state index is -0.522. The van der Waals surface area contributed by atoms with E-state index >= 15 is 0 Å². The van der Waals surface area contributed by atoms with Crippen molar-refractivity contribution >= 4 is 11.8 Å². The molecule has 0 saturated carbocycles. The van der Waals surface area contributed by atoms with E-state index < -0.39 is 6.04 Å². The molecule has 1 atom stereocenters. The monoisotopic (exact) mass is 199 g/mol. The van der Waals surface area contributed by atoms with Crippen molar-refractivity contribution in [1.82, 2.24) is 9.80 Å². The summed E-state index contributed by atoms with van der Waals surface area (Å²) in [7, 11) is 1.75. The van der Waals surface area contributed by atoms with Crippen LogP contribution < -0.4 is 5.73 Å². The number of carbonyl (C=O) groups is 2. The van der Waals surface area contributed by atoms with E-state index in [2.05, 4.69) is 0 Å². The third-order valence-electron chi connectivity index (χ3n) is 2.37. The molecule has 1 aliphatic rings. The fourth-order valence-electron chi connectivity index (χ4n) is 1.46. The zero-order valence-electron chi connectivity index (χ0n) is 8.69. The average molecular weight is 199 g/mol. The van der Waals surface area contributed by atoms with E-state index in [0.717, 1.165) is 6.42 Å². The van der Waals surface area contributed by atoms with Gasteiger partial charge in [0, 0.05) is 20.1 Å². The Hall–Kier alpha value is -1.10. The van der Waals surface area contributed by atoms with E-state index in [1.165, 1.54) is 4.90 Å². The molecule has 1 saturated heterocycles. The number of rotatable bonds is 1. The van der Waals surface area contributed by atoms with Gasteiger partial charge in [0.2, 0.25) is 11.8 Å². The molecule has 2 amide bonds. The van der Waals surface area contributed by atoms with Crippen molar-refractivity contribution in [3.05, 3.63) is 0 Å². The number of amides is 2. The van der Waals surface area contributed by atoms with Crippen LogP contribution in [-0.4, -0.2) is 54.3 Å². The summed E-state index contributed by atoms with van der Waals surface area (Å²) in [6.07, 6.45) is 0.820. The van der Waals surface area contributed by atoms with E-state index in [1.807, 2.05) is 0 Å². The second-order valence-corrected chi connectivity index (χ2v) is 3.72. The van der Waals surface area contributed by atoms with Crippen molar-refractivity contribution in [2.75, 3.05) is 26.7 Å². The van der Waals surface area contributed by atoms with E-state index in [4.69, 9.17) is 5.73 Å². The Morgan fingerprint density at radius 1 is 1.50 bits per heavy atom. The molecule has 5 heteroatoms. The van der Waals surface area contributed by atoms with Crippen molar-refractivity contribution in [2.45, 2.75) is 19.4 Å². The van der Waals surface area contributed by atoms with Gasteiger partial charge >= 0.3 is 0 Å². The minimum absolute atomic E-state index is 0.0171. The smallest absolute Gasteiger partial charge is 0.241 e. The molecule has 1 unspecified atom stereocenters. The van der Waals surface area contributed by atoms with Crippen LogP contribution in [0, 0.1) is 0 Å². The Bertz CT molecular complexity index is 240. The summed E-state index contributed by atoms with van der Waals surface area (Å²) in [5.41, 5.74) is 5.48. The van der Waals surface area contributed by atoms with Crippen LogP contribution in [-0.2, 0) is 9.59 Å². The molecule has 0 aromatic carbocycles. The number of nitrogens with zero attached hydrogens (tertiary/aromatic N) is 2. The lowest BCUT2D eigenvalue weighted by Gasteiger charge is -2.21. The van der Waals surface area contributed by atoms with Gasteiger partial charge in [-0.1, -0.05) is 0 Å². The molecule has 5 nitrogen and oxygen atoms in total. The molecule has 1 aliphatic heterocycles. The van der Waals surface area contributed by atoms with Crippen molar-refractivity contribution in [3.63, 3.8) is 0 Å². The fourth-order valence-corrected chi connectivity index (χ4v) is 1.46. The maximum absolute atomic E-state index is 11.5. The quantitative estimate of drug-likeness (QED) is 0.590. The van der Waals surface area contributed by atoms with Crippen LogP contribution in [0.1, 0.15) is 13.3 Å². The normalized spacial score (nSPS) is 20.6. The van der Waals surface area contributed by atoms with Crippen molar-refractivity contribution < 1.29 is 9.59 Å². The standard InChI is InChI=1S/C9H17N3O2/c1-7(10)9(14)12-5-3-4-11(2)8(13)6-12/h7H,3-6,10H2,1-2H3. The maximum atomic E-state index is 11.5. The van der Waals surface area contributed by atoms with Gasteiger partial charge in [-0.3, -0.25) is 9.59 Å². The van der Waals surface area contributed by atoms with Gasteiger partial charge in [-0.15, -0.1) is 0 Å². The Morgan fingerprint density at radius 2 is 2.14 bits per heavy atom. The van der Waals surface area contributed by atoms with E-state index in [-0.39, 0.29) is 18.4 Å². The lowest BCUT2D eigenvalue weighted by atomic mass is 10.3. The summed E-state index contributed by atoms with van der Waals surface area (Å²) >= 11 is 0. The van der Waals surface area contributed by atoms with Crippen LogP contribution in [0.3, 0.4) is 0 Å². The Balaban J connectivity index is 2.63.